The first-order valence-corrected chi connectivity index (χ1v) is 9.20. The fraction of sp³-hybridized carbons (Fsp3) is 0.692. The predicted octanol–water partition coefficient (Wildman–Crippen LogP) is 1.64. The molecule has 0 spiro atoms. The van der Waals surface area contributed by atoms with E-state index in [9.17, 15) is 18.3 Å². The van der Waals surface area contributed by atoms with Gasteiger partial charge in [0.25, 0.3) is 10.0 Å². The minimum absolute atomic E-state index is 0.0703. The second-order valence-corrected chi connectivity index (χ2v) is 9.29. The van der Waals surface area contributed by atoms with Crippen molar-refractivity contribution in [3.8, 4) is 0 Å². The smallest absolute Gasteiger partial charge is 0.311 e. The molecule has 2 heterocycles. The molecule has 1 aromatic rings. The summed E-state index contributed by atoms with van der Waals surface area (Å²) in [5.41, 5.74) is -0.389. The Balaban J connectivity index is 1.96. The van der Waals surface area contributed by atoms with Gasteiger partial charge >= 0.3 is 5.97 Å². The lowest BCUT2D eigenvalue weighted by atomic mass is 9.81. The lowest BCUT2D eigenvalue weighted by Gasteiger charge is -2.23. The summed E-state index contributed by atoms with van der Waals surface area (Å²) in [6.07, 6.45) is 2.22. The first-order valence-electron chi connectivity index (χ1n) is 6.95. The molecule has 116 valence electrons. The fourth-order valence-electron chi connectivity index (χ4n) is 3.65. The number of carbonyl (C=O) groups is 1. The van der Waals surface area contributed by atoms with Crippen LogP contribution in [0.2, 0.25) is 0 Å². The molecule has 1 N–H and O–H groups in total. The summed E-state index contributed by atoms with van der Waals surface area (Å²) in [7, 11) is -3.64. The van der Waals surface area contributed by atoms with E-state index in [0.717, 1.165) is 24.2 Å². The maximum Gasteiger partial charge on any atom is 0.311 e. The van der Waals surface area contributed by atoms with E-state index in [1.165, 1.54) is 4.31 Å². The molecule has 21 heavy (non-hydrogen) atoms. The van der Waals surface area contributed by atoms with Crippen LogP contribution in [0.3, 0.4) is 0 Å². The molecule has 1 aromatic heterocycles. The minimum Gasteiger partial charge on any atom is -0.481 e. The molecule has 6 nitrogen and oxygen atoms in total. The number of hydrogen-bond donors (Lipinski definition) is 1. The number of carboxylic acid groups (broad SMARTS) is 1. The Labute approximate surface area is 127 Å². The van der Waals surface area contributed by atoms with Crippen molar-refractivity contribution in [1.82, 2.24) is 9.29 Å². The molecule has 3 rings (SSSR count). The van der Waals surface area contributed by atoms with Gasteiger partial charge in [-0.05, 0) is 32.6 Å². The Hall–Kier alpha value is -0.990. The first-order chi connectivity index (χ1) is 9.77. The Kier molecular flexibility index (Phi) is 3.38. The molecule has 0 amide bonds. The molecule has 0 aromatic carbocycles. The van der Waals surface area contributed by atoms with Gasteiger partial charge in [0.1, 0.15) is 0 Å². The van der Waals surface area contributed by atoms with Gasteiger partial charge in [-0.2, -0.15) is 4.31 Å². The summed E-state index contributed by atoms with van der Waals surface area (Å²) < 4.78 is 27.1. The topological polar surface area (TPSA) is 87.6 Å². The number of aliphatic carboxylic acids is 1. The summed E-state index contributed by atoms with van der Waals surface area (Å²) in [4.78, 5) is 15.8. The van der Waals surface area contributed by atoms with Crippen molar-refractivity contribution in [1.29, 1.82) is 0 Å². The monoisotopic (exact) mass is 330 g/mol. The maximum atomic E-state index is 12.8. The van der Waals surface area contributed by atoms with Gasteiger partial charge < -0.3 is 5.11 Å². The van der Waals surface area contributed by atoms with Crippen LogP contribution < -0.4 is 0 Å². The number of thiazole rings is 1. The van der Waals surface area contributed by atoms with E-state index < -0.39 is 21.4 Å². The van der Waals surface area contributed by atoms with Crippen molar-refractivity contribution in [2.24, 2.45) is 11.3 Å². The summed E-state index contributed by atoms with van der Waals surface area (Å²) in [6, 6.07) is 0. The molecule has 0 bridgehead atoms. The second-order valence-electron chi connectivity index (χ2n) is 5.95. The van der Waals surface area contributed by atoms with E-state index in [-0.39, 0.29) is 16.7 Å². The lowest BCUT2D eigenvalue weighted by Crippen LogP contribution is -2.37. The SMILES string of the molecule is Cc1nc(C)c(S(=O)(=O)N2C[C@@H]3CCC[C@@]3(C(=O)O)C2)s1. The second kappa shape index (κ2) is 4.76. The maximum absolute atomic E-state index is 12.8. The number of fused-ring (bicyclic) bond motifs is 1. The number of aryl methyl sites for hydroxylation is 2. The van der Waals surface area contributed by atoms with Gasteiger partial charge in [0.2, 0.25) is 0 Å². The molecule has 8 heteroatoms. The molecular weight excluding hydrogens is 312 g/mol. The Morgan fingerprint density at radius 2 is 2.19 bits per heavy atom. The molecule has 1 aliphatic carbocycles. The van der Waals surface area contributed by atoms with Gasteiger partial charge in [-0.15, -0.1) is 11.3 Å². The Morgan fingerprint density at radius 3 is 2.71 bits per heavy atom. The number of hydrogen-bond acceptors (Lipinski definition) is 5. The van der Waals surface area contributed by atoms with Crippen molar-refractivity contribution < 1.29 is 18.3 Å². The highest BCUT2D eigenvalue weighted by Gasteiger charge is 2.57. The van der Waals surface area contributed by atoms with Gasteiger partial charge in [0.05, 0.1) is 16.1 Å². The van der Waals surface area contributed by atoms with Crippen LogP contribution in [0.5, 0.6) is 0 Å². The third kappa shape index (κ3) is 2.11. The average molecular weight is 330 g/mol. The lowest BCUT2D eigenvalue weighted by molar-refractivity contribution is -0.149. The molecule has 0 radical (unpaired) electrons. The first kappa shape index (κ1) is 14.9. The zero-order chi connectivity index (χ0) is 15.4. The summed E-state index contributed by atoms with van der Waals surface area (Å²) in [5, 5.41) is 10.3. The molecule has 2 atom stereocenters. The molecule has 0 unspecified atom stereocenters. The zero-order valence-electron chi connectivity index (χ0n) is 12.0. The van der Waals surface area contributed by atoms with Crippen LogP contribution in [-0.2, 0) is 14.8 Å². The minimum atomic E-state index is -3.64. The van der Waals surface area contributed by atoms with Crippen LogP contribution in [0.1, 0.15) is 30.0 Å². The summed E-state index contributed by atoms with van der Waals surface area (Å²) in [5.74, 6) is -0.931. The average Bonchev–Trinajstić information content (AvgIpc) is 3.00. The van der Waals surface area contributed by atoms with Gasteiger partial charge in [0, 0.05) is 13.1 Å². The quantitative estimate of drug-likeness (QED) is 0.910. The molecular formula is C13H18N2O4S2. The van der Waals surface area contributed by atoms with Crippen molar-refractivity contribution in [2.45, 2.75) is 37.3 Å². The molecule has 2 fully saturated rings. The summed E-state index contributed by atoms with van der Waals surface area (Å²) in [6.45, 7) is 3.85. The van der Waals surface area contributed by atoms with Crippen molar-refractivity contribution >= 4 is 27.3 Å². The van der Waals surface area contributed by atoms with Crippen LogP contribution in [-0.4, -0.2) is 41.9 Å². The number of rotatable bonds is 3. The van der Waals surface area contributed by atoms with Crippen LogP contribution in [0.15, 0.2) is 4.21 Å². The zero-order valence-corrected chi connectivity index (χ0v) is 13.6. The molecule has 2 aliphatic rings. The van der Waals surface area contributed by atoms with E-state index >= 15 is 0 Å². The third-order valence-corrected chi connectivity index (χ3v) is 8.17. The molecule has 1 saturated heterocycles. The van der Waals surface area contributed by atoms with E-state index in [1.54, 1.807) is 13.8 Å². The number of sulfonamides is 1. The highest BCUT2D eigenvalue weighted by atomic mass is 32.2. The van der Waals surface area contributed by atoms with Crippen LogP contribution in [0, 0.1) is 25.2 Å². The van der Waals surface area contributed by atoms with E-state index in [2.05, 4.69) is 4.98 Å². The standard InChI is InChI=1S/C13H18N2O4S2/c1-8-11(20-9(2)14-8)21(18,19)15-6-10-4-3-5-13(10,7-15)12(16)17/h10H,3-7H2,1-2H3,(H,16,17)/t10-,13+/m0/s1. The molecule has 1 aliphatic heterocycles. The number of nitrogens with zero attached hydrogens (tertiary/aromatic N) is 2. The van der Waals surface area contributed by atoms with E-state index in [4.69, 9.17) is 0 Å². The van der Waals surface area contributed by atoms with E-state index in [1.807, 2.05) is 0 Å². The van der Waals surface area contributed by atoms with Gasteiger partial charge in [-0.25, -0.2) is 13.4 Å². The molecule has 1 saturated carbocycles. The van der Waals surface area contributed by atoms with Crippen molar-refractivity contribution in [3.05, 3.63) is 10.7 Å². The Bertz CT molecular complexity index is 697. The summed E-state index contributed by atoms with van der Waals surface area (Å²) >= 11 is 1.16. The normalized spacial score (nSPS) is 29.7. The van der Waals surface area contributed by atoms with Crippen molar-refractivity contribution in [3.63, 3.8) is 0 Å². The predicted molar refractivity (Wildman–Crippen MR) is 77.8 cm³/mol. The van der Waals surface area contributed by atoms with Gasteiger partial charge in [-0.3, -0.25) is 4.79 Å². The number of aromatic nitrogens is 1. The third-order valence-electron chi connectivity index (χ3n) is 4.70. The highest BCUT2D eigenvalue weighted by molar-refractivity contribution is 7.91. The van der Waals surface area contributed by atoms with Gasteiger partial charge in [-0.1, -0.05) is 6.42 Å². The van der Waals surface area contributed by atoms with E-state index in [0.29, 0.717) is 23.7 Å². The van der Waals surface area contributed by atoms with Crippen molar-refractivity contribution in [2.75, 3.05) is 13.1 Å². The van der Waals surface area contributed by atoms with Gasteiger partial charge in [0.15, 0.2) is 4.21 Å². The largest absolute Gasteiger partial charge is 0.481 e. The fourth-order valence-corrected chi connectivity index (χ4v) is 6.82. The van der Waals surface area contributed by atoms with Crippen LogP contribution in [0.4, 0.5) is 0 Å². The van der Waals surface area contributed by atoms with Crippen LogP contribution in [0.25, 0.3) is 0 Å². The highest BCUT2D eigenvalue weighted by Crippen LogP contribution is 2.50. The van der Waals surface area contributed by atoms with Crippen LogP contribution >= 0.6 is 11.3 Å². The Morgan fingerprint density at radius 1 is 1.48 bits per heavy atom. The number of carboxylic acids is 1.